The van der Waals surface area contributed by atoms with E-state index in [1.807, 2.05) is 11.8 Å². The Morgan fingerprint density at radius 3 is 2.75 bits per heavy atom. The van der Waals surface area contributed by atoms with Gasteiger partial charge in [-0.1, -0.05) is 0 Å². The minimum absolute atomic E-state index is 0.0861. The molecule has 0 saturated carbocycles. The molecule has 0 amide bonds. The van der Waals surface area contributed by atoms with Crippen LogP contribution in [0.4, 0.5) is 11.4 Å². The fraction of sp³-hybridized carbons (Fsp3) is 0.462. The Bertz CT molecular complexity index is 562. The number of halogens is 1. The molecule has 6 nitrogen and oxygen atoms in total. The SMILES string of the molecule is CC1CCCCN1c1c(Br)cc(C(=O)O)cc1[N+](=O)[O-]. The number of nitro benzene ring substituents is 1. The monoisotopic (exact) mass is 342 g/mol. The summed E-state index contributed by atoms with van der Waals surface area (Å²) in [5.41, 5.74) is 0.231. The van der Waals surface area contributed by atoms with Crippen molar-refractivity contribution in [3.63, 3.8) is 0 Å². The van der Waals surface area contributed by atoms with Crippen LogP contribution in [-0.2, 0) is 0 Å². The highest BCUT2D eigenvalue weighted by Crippen LogP contribution is 2.40. The third kappa shape index (κ3) is 2.77. The van der Waals surface area contributed by atoms with Crippen molar-refractivity contribution in [1.82, 2.24) is 0 Å². The minimum Gasteiger partial charge on any atom is -0.478 e. The van der Waals surface area contributed by atoms with Gasteiger partial charge in [0.05, 0.1) is 10.5 Å². The highest BCUT2D eigenvalue weighted by atomic mass is 79.9. The summed E-state index contributed by atoms with van der Waals surface area (Å²) in [6, 6.07) is 2.75. The number of carbonyl (C=O) groups is 1. The van der Waals surface area contributed by atoms with Gasteiger partial charge in [0.2, 0.25) is 0 Å². The third-order valence-electron chi connectivity index (χ3n) is 3.58. The largest absolute Gasteiger partial charge is 0.478 e. The number of hydrogen-bond acceptors (Lipinski definition) is 4. The van der Waals surface area contributed by atoms with Crippen molar-refractivity contribution in [1.29, 1.82) is 0 Å². The van der Waals surface area contributed by atoms with E-state index in [0.29, 0.717) is 10.2 Å². The van der Waals surface area contributed by atoms with Gasteiger partial charge < -0.3 is 10.0 Å². The first-order valence-electron chi connectivity index (χ1n) is 6.39. The molecule has 1 aromatic rings. The molecule has 108 valence electrons. The van der Waals surface area contributed by atoms with Crippen LogP contribution in [0, 0.1) is 10.1 Å². The second kappa shape index (κ2) is 5.78. The van der Waals surface area contributed by atoms with Crippen molar-refractivity contribution in [3.8, 4) is 0 Å². The second-order valence-electron chi connectivity index (χ2n) is 4.93. The third-order valence-corrected chi connectivity index (χ3v) is 4.18. The number of aromatic carboxylic acids is 1. The zero-order valence-corrected chi connectivity index (χ0v) is 12.6. The van der Waals surface area contributed by atoms with Gasteiger partial charge in [-0.15, -0.1) is 0 Å². The zero-order valence-electron chi connectivity index (χ0n) is 11.0. The van der Waals surface area contributed by atoms with E-state index in [1.54, 1.807) is 0 Å². The highest BCUT2D eigenvalue weighted by Gasteiger charge is 2.29. The van der Waals surface area contributed by atoms with Gasteiger partial charge in [-0.05, 0) is 48.2 Å². The lowest BCUT2D eigenvalue weighted by molar-refractivity contribution is -0.384. The first kappa shape index (κ1) is 14.8. The molecule has 1 N–H and O–H groups in total. The van der Waals surface area contributed by atoms with Crippen LogP contribution in [0.1, 0.15) is 36.5 Å². The summed E-state index contributed by atoms with van der Waals surface area (Å²) in [6.07, 6.45) is 3.06. The van der Waals surface area contributed by atoms with E-state index >= 15 is 0 Å². The van der Waals surface area contributed by atoms with Gasteiger partial charge in [0.15, 0.2) is 0 Å². The molecule has 1 unspecified atom stereocenters. The quantitative estimate of drug-likeness (QED) is 0.671. The zero-order chi connectivity index (χ0) is 14.9. The average Bonchev–Trinajstić information content (AvgIpc) is 2.38. The number of hydrogen-bond donors (Lipinski definition) is 1. The van der Waals surface area contributed by atoms with Gasteiger partial charge >= 0.3 is 5.97 Å². The molecule has 0 bridgehead atoms. The van der Waals surface area contributed by atoms with Crippen LogP contribution in [0.25, 0.3) is 0 Å². The van der Waals surface area contributed by atoms with Crippen molar-refractivity contribution in [2.75, 3.05) is 11.4 Å². The van der Waals surface area contributed by atoms with Crippen LogP contribution < -0.4 is 4.90 Å². The summed E-state index contributed by atoms with van der Waals surface area (Å²) in [5.74, 6) is -1.17. The molecule has 1 aliphatic heterocycles. The van der Waals surface area contributed by atoms with E-state index in [-0.39, 0.29) is 17.3 Å². The fourth-order valence-electron chi connectivity index (χ4n) is 2.56. The maximum Gasteiger partial charge on any atom is 0.335 e. The highest BCUT2D eigenvalue weighted by molar-refractivity contribution is 9.10. The van der Waals surface area contributed by atoms with Gasteiger partial charge in [-0.2, -0.15) is 0 Å². The van der Waals surface area contributed by atoms with E-state index in [9.17, 15) is 14.9 Å². The smallest absolute Gasteiger partial charge is 0.335 e. The Morgan fingerprint density at radius 1 is 1.50 bits per heavy atom. The molecule has 2 rings (SSSR count). The van der Waals surface area contributed by atoms with Crippen molar-refractivity contribution in [2.45, 2.75) is 32.2 Å². The van der Waals surface area contributed by atoms with Crippen LogP contribution in [0.5, 0.6) is 0 Å². The van der Waals surface area contributed by atoms with Crippen LogP contribution in [0.15, 0.2) is 16.6 Å². The molecule has 1 fully saturated rings. The van der Waals surface area contributed by atoms with Gasteiger partial charge in [0.25, 0.3) is 5.69 Å². The lowest BCUT2D eigenvalue weighted by atomic mass is 10.0. The molecule has 0 aliphatic carbocycles. The van der Waals surface area contributed by atoms with E-state index in [4.69, 9.17) is 5.11 Å². The normalized spacial score (nSPS) is 18.9. The Kier molecular flexibility index (Phi) is 4.27. The lowest BCUT2D eigenvalue weighted by Crippen LogP contribution is -2.38. The standard InChI is InChI=1S/C13H15BrN2O4/c1-8-4-2-3-5-15(8)12-10(14)6-9(13(17)18)7-11(12)16(19)20/h6-8H,2-5H2,1H3,(H,17,18). The van der Waals surface area contributed by atoms with E-state index < -0.39 is 10.9 Å². The van der Waals surface area contributed by atoms with Gasteiger partial charge in [0, 0.05) is 23.1 Å². The van der Waals surface area contributed by atoms with E-state index in [1.165, 1.54) is 6.07 Å². The van der Waals surface area contributed by atoms with Gasteiger partial charge in [-0.25, -0.2) is 4.79 Å². The van der Waals surface area contributed by atoms with Gasteiger partial charge in [-0.3, -0.25) is 10.1 Å². The number of nitrogens with zero attached hydrogens (tertiary/aromatic N) is 2. The van der Waals surface area contributed by atoms with Crippen LogP contribution in [-0.4, -0.2) is 28.6 Å². The van der Waals surface area contributed by atoms with Crippen molar-refractivity contribution < 1.29 is 14.8 Å². The summed E-state index contributed by atoms with van der Waals surface area (Å²) < 4.78 is 0.456. The first-order chi connectivity index (χ1) is 9.41. The second-order valence-corrected chi connectivity index (χ2v) is 5.78. The fourth-order valence-corrected chi connectivity index (χ4v) is 3.24. The predicted octanol–water partition coefficient (Wildman–Crippen LogP) is 3.43. The lowest BCUT2D eigenvalue weighted by Gasteiger charge is -2.35. The average molecular weight is 343 g/mol. The molecule has 1 heterocycles. The van der Waals surface area contributed by atoms with Gasteiger partial charge in [0.1, 0.15) is 5.69 Å². The van der Waals surface area contributed by atoms with Crippen molar-refractivity contribution >= 4 is 33.3 Å². The summed E-state index contributed by atoms with van der Waals surface area (Å²) >= 11 is 3.29. The number of carboxylic acid groups (broad SMARTS) is 1. The number of nitro groups is 1. The molecule has 0 aromatic heterocycles. The number of anilines is 1. The molecule has 0 spiro atoms. The maximum absolute atomic E-state index is 11.3. The summed E-state index contributed by atoms with van der Waals surface area (Å²) in [6.45, 7) is 2.77. The van der Waals surface area contributed by atoms with Crippen LogP contribution >= 0.6 is 15.9 Å². The van der Waals surface area contributed by atoms with Crippen molar-refractivity contribution in [3.05, 3.63) is 32.3 Å². The predicted molar refractivity (Wildman–Crippen MR) is 78.4 cm³/mol. The molecule has 7 heteroatoms. The van der Waals surface area contributed by atoms with Crippen LogP contribution in [0.2, 0.25) is 0 Å². The number of carboxylic acids is 1. The molecular formula is C13H15BrN2O4. The Labute approximate surface area is 124 Å². The molecule has 1 saturated heterocycles. The molecule has 20 heavy (non-hydrogen) atoms. The molecule has 1 aromatic carbocycles. The Balaban J connectivity index is 2.56. The number of piperidine rings is 1. The molecule has 1 atom stereocenters. The van der Waals surface area contributed by atoms with E-state index in [2.05, 4.69) is 15.9 Å². The Morgan fingerprint density at radius 2 is 2.20 bits per heavy atom. The Hall–Kier alpha value is -1.63. The summed E-state index contributed by atoms with van der Waals surface area (Å²) in [4.78, 5) is 23.7. The molecular weight excluding hydrogens is 328 g/mol. The van der Waals surface area contributed by atoms with Crippen LogP contribution in [0.3, 0.4) is 0 Å². The summed E-state index contributed by atoms with van der Waals surface area (Å²) in [7, 11) is 0. The topological polar surface area (TPSA) is 83.7 Å². The minimum atomic E-state index is -1.17. The first-order valence-corrected chi connectivity index (χ1v) is 7.19. The van der Waals surface area contributed by atoms with E-state index in [0.717, 1.165) is 31.9 Å². The van der Waals surface area contributed by atoms with Crippen molar-refractivity contribution in [2.24, 2.45) is 0 Å². The number of benzene rings is 1. The molecule has 1 aliphatic rings. The molecule has 0 radical (unpaired) electrons. The summed E-state index contributed by atoms with van der Waals surface area (Å²) in [5, 5.41) is 20.3. The number of rotatable bonds is 3. The maximum atomic E-state index is 11.3.